The molecule has 0 bridgehead atoms. The molecule has 156 valence electrons. The minimum atomic E-state index is -0.433. The maximum atomic E-state index is 12.5. The molecule has 0 spiro atoms. The molecular formula is C21H19ClN2O5S. The summed E-state index contributed by atoms with van der Waals surface area (Å²) in [5.74, 6) is -1.15. The summed E-state index contributed by atoms with van der Waals surface area (Å²) < 4.78 is 0. The molecule has 30 heavy (non-hydrogen) atoms. The Hall–Kier alpha value is -2.97. The van der Waals surface area contributed by atoms with Crippen molar-refractivity contribution >= 4 is 46.5 Å². The van der Waals surface area contributed by atoms with Crippen LogP contribution in [-0.2, 0) is 16.0 Å². The molecule has 0 radical (unpaired) electrons. The second-order valence-electron chi connectivity index (χ2n) is 6.56. The molecule has 0 saturated carbocycles. The van der Waals surface area contributed by atoms with Crippen molar-refractivity contribution in [3.8, 4) is 11.5 Å². The molecule has 2 aromatic rings. The maximum absolute atomic E-state index is 12.5. The summed E-state index contributed by atoms with van der Waals surface area (Å²) in [7, 11) is 0. The first kappa shape index (κ1) is 21.7. The lowest BCUT2D eigenvalue weighted by Crippen LogP contribution is -2.34. The number of nitrogens with zero attached hydrogens (tertiary/aromatic N) is 1. The van der Waals surface area contributed by atoms with Crippen molar-refractivity contribution in [2.24, 2.45) is 0 Å². The van der Waals surface area contributed by atoms with Gasteiger partial charge >= 0.3 is 0 Å². The third-order valence-corrected chi connectivity index (χ3v) is 5.50. The molecule has 7 nitrogen and oxygen atoms in total. The molecule has 1 saturated heterocycles. The largest absolute Gasteiger partial charge is 0.504 e. The number of amides is 3. The number of thioether (sulfide) groups is 1. The SMILES string of the molecule is O=C(CCN1C(=O)SC(=Cc2cccc(Cl)c2)C1=O)NCCc1ccc(O)c(O)c1. The highest BCUT2D eigenvalue weighted by Gasteiger charge is 2.34. The molecular weight excluding hydrogens is 428 g/mol. The van der Waals surface area contributed by atoms with E-state index in [-0.39, 0.29) is 35.3 Å². The van der Waals surface area contributed by atoms with Crippen molar-refractivity contribution in [3.63, 3.8) is 0 Å². The number of imide groups is 1. The van der Waals surface area contributed by atoms with Crippen LogP contribution in [0.25, 0.3) is 6.08 Å². The zero-order valence-electron chi connectivity index (χ0n) is 15.8. The standard InChI is InChI=1S/C21H19ClN2O5S/c22-15-3-1-2-14(10-15)12-18-20(28)24(21(29)30-18)9-7-19(27)23-8-6-13-4-5-16(25)17(26)11-13/h1-5,10-12,25-26H,6-9H2,(H,23,27). The van der Waals surface area contributed by atoms with Crippen molar-refractivity contribution in [2.45, 2.75) is 12.8 Å². The predicted molar refractivity (Wildman–Crippen MR) is 115 cm³/mol. The fourth-order valence-electron chi connectivity index (χ4n) is 2.81. The average Bonchev–Trinajstić information content (AvgIpc) is 2.96. The van der Waals surface area contributed by atoms with E-state index in [2.05, 4.69) is 5.32 Å². The molecule has 1 aliphatic heterocycles. The van der Waals surface area contributed by atoms with Gasteiger partial charge in [0.2, 0.25) is 5.91 Å². The van der Waals surface area contributed by atoms with Gasteiger partial charge in [0.05, 0.1) is 4.91 Å². The van der Waals surface area contributed by atoms with E-state index in [0.717, 1.165) is 22.2 Å². The van der Waals surface area contributed by atoms with Crippen LogP contribution < -0.4 is 5.32 Å². The van der Waals surface area contributed by atoms with Gasteiger partial charge in [-0.15, -0.1) is 0 Å². The van der Waals surface area contributed by atoms with Crippen molar-refractivity contribution in [1.82, 2.24) is 10.2 Å². The van der Waals surface area contributed by atoms with E-state index in [1.54, 1.807) is 36.4 Å². The number of phenolic OH excluding ortho intramolecular Hbond substituents is 2. The Morgan fingerprint density at radius 2 is 1.93 bits per heavy atom. The number of nitrogens with one attached hydrogen (secondary N) is 1. The fourth-order valence-corrected chi connectivity index (χ4v) is 3.88. The highest BCUT2D eigenvalue weighted by Crippen LogP contribution is 2.32. The van der Waals surface area contributed by atoms with Gasteiger partial charge in [-0.05, 0) is 59.7 Å². The maximum Gasteiger partial charge on any atom is 0.293 e. The molecule has 1 aliphatic rings. The van der Waals surface area contributed by atoms with Crippen LogP contribution in [0, 0.1) is 0 Å². The van der Waals surface area contributed by atoms with E-state index < -0.39 is 11.1 Å². The van der Waals surface area contributed by atoms with Gasteiger partial charge in [-0.25, -0.2) is 0 Å². The predicted octanol–water partition coefficient (Wildman–Crippen LogP) is 3.54. The van der Waals surface area contributed by atoms with E-state index in [9.17, 15) is 24.6 Å². The number of aromatic hydroxyl groups is 2. The summed E-state index contributed by atoms with van der Waals surface area (Å²) in [6.45, 7) is 0.309. The lowest BCUT2D eigenvalue weighted by atomic mass is 10.1. The molecule has 1 heterocycles. The Labute approximate surface area is 182 Å². The summed E-state index contributed by atoms with van der Waals surface area (Å²) in [6.07, 6.45) is 2.05. The molecule has 0 unspecified atom stereocenters. The van der Waals surface area contributed by atoms with E-state index >= 15 is 0 Å². The van der Waals surface area contributed by atoms with Crippen LogP contribution in [0.2, 0.25) is 5.02 Å². The molecule has 2 aromatic carbocycles. The monoisotopic (exact) mass is 446 g/mol. The first-order chi connectivity index (χ1) is 14.3. The Bertz CT molecular complexity index is 1020. The smallest absolute Gasteiger partial charge is 0.293 e. The lowest BCUT2D eigenvalue weighted by molar-refractivity contribution is -0.124. The number of carbonyl (C=O) groups is 3. The van der Waals surface area contributed by atoms with Crippen LogP contribution in [0.5, 0.6) is 11.5 Å². The summed E-state index contributed by atoms with van der Waals surface area (Å²) in [6, 6.07) is 11.4. The van der Waals surface area contributed by atoms with Crippen LogP contribution in [0.3, 0.4) is 0 Å². The highest BCUT2D eigenvalue weighted by atomic mass is 35.5. The first-order valence-corrected chi connectivity index (χ1v) is 10.3. The van der Waals surface area contributed by atoms with E-state index in [1.807, 2.05) is 0 Å². The van der Waals surface area contributed by atoms with Gasteiger partial charge in [0.1, 0.15) is 0 Å². The van der Waals surface area contributed by atoms with Gasteiger partial charge in [0, 0.05) is 24.5 Å². The van der Waals surface area contributed by atoms with Gasteiger partial charge < -0.3 is 15.5 Å². The quantitative estimate of drug-likeness (QED) is 0.443. The van der Waals surface area contributed by atoms with Crippen LogP contribution in [0.4, 0.5) is 4.79 Å². The Kier molecular flexibility index (Phi) is 7.02. The van der Waals surface area contributed by atoms with E-state index in [0.29, 0.717) is 23.6 Å². The van der Waals surface area contributed by atoms with Gasteiger partial charge in [0.25, 0.3) is 11.1 Å². The zero-order chi connectivity index (χ0) is 21.7. The molecule has 3 rings (SSSR count). The fraction of sp³-hybridized carbons (Fsp3) is 0.190. The molecule has 9 heteroatoms. The average molecular weight is 447 g/mol. The summed E-state index contributed by atoms with van der Waals surface area (Å²) in [4.78, 5) is 38.0. The van der Waals surface area contributed by atoms with Crippen LogP contribution in [0.1, 0.15) is 17.5 Å². The second kappa shape index (κ2) is 9.69. The molecule has 0 aromatic heterocycles. The van der Waals surface area contributed by atoms with Gasteiger partial charge in [-0.2, -0.15) is 0 Å². The van der Waals surface area contributed by atoms with Crippen LogP contribution >= 0.6 is 23.4 Å². The van der Waals surface area contributed by atoms with Gasteiger partial charge in [-0.1, -0.05) is 29.8 Å². The molecule has 0 atom stereocenters. The van der Waals surface area contributed by atoms with Crippen LogP contribution in [0.15, 0.2) is 47.4 Å². The van der Waals surface area contributed by atoms with Gasteiger partial charge in [0.15, 0.2) is 11.5 Å². The Balaban J connectivity index is 1.48. The van der Waals surface area contributed by atoms with Crippen molar-refractivity contribution < 1.29 is 24.6 Å². The number of hydrogen-bond acceptors (Lipinski definition) is 6. The molecule has 1 fully saturated rings. The van der Waals surface area contributed by atoms with Crippen molar-refractivity contribution in [2.75, 3.05) is 13.1 Å². The summed E-state index contributed by atoms with van der Waals surface area (Å²) >= 11 is 6.77. The van der Waals surface area contributed by atoms with Crippen LogP contribution in [-0.4, -0.2) is 45.3 Å². The number of carbonyl (C=O) groups excluding carboxylic acids is 3. The minimum absolute atomic E-state index is 0.0105. The second-order valence-corrected chi connectivity index (χ2v) is 7.99. The topological polar surface area (TPSA) is 107 Å². The molecule has 3 N–H and O–H groups in total. The van der Waals surface area contributed by atoms with Gasteiger partial charge in [-0.3, -0.25) is 19.3 Å². The zero-order valence-corrected chi connectivity index (χ0v) is 17.4. The minimum Gasteiger partial charge on any atom is -0.504 e. The summed E-state index contributed by atoms with van der Waals surface area (Å²) in [5, 5.41) is 21.6. The molecule has 3 amide bonds. The number of benzene rings is 2. The van der Waals surface area contributed by atoms with E-state index in [1.165, 1.54) is 12.1 Å². The summed E-state index contributed by atoms with van der Waals surface area (Å²) in [5.41, 5.74) is 1.47. The third-order valence-electron chi connectivity index (χ3n) is 4.36. The number of hydrogen-bond donors (Lipinski definition) is 3. The van der Waals surface area contributed by atoms with Crippen molar-refractivity contribution in [3.05, 3.63) is 63.5 Å². The van der Waals surface area contributed by atoms with E-state index in [4.69, 9.17) is 11.6 Å². The number of phenols is 2. The normalized spacial score (nSPS) is 15.1. The highest BCUT2D eigenvalue weighted by molar-refractivity contribution is 8.18. The lowest BCUT2D eigenvalue weighted by Gasteiger charge is -2.12. The van der Waals surface area contributed by atoms with Crippen molar-refractivity contribution in [1.29, 1.82) is 0 Å². The Morgan fingerprint density at radius 1 is 1.13 bits per heavy atom. The molecule has 0 aliphatic carbocycles. The Morgan fingerprint density at radius 3 is 2.67 bits per heavy atom. The first-order valence-electron chi connectivity index (χ1n) is 9.12. The third kappa shape index (κ3) is 5.55. The number of rotatable bonds is 7. The number of halogens is 1.